The second kappa shape index (κ2) is 7.02. The first-order chi connectivity index (χ1) is 7.43. The lowest BCUT2D eigenvalue weighted by atomic mass is 10.2. The van der Waals surface area contributed by atoms with Gasteiger partial charge in [0, 0.05) is 26.2 Å². The van der Waals surface area contributed by atoms with E-state index in [2.05, 4.69) is 0 Å². The van der Waals surface area contributed by atoms with Gasteiger partial charge in [0.2, 0.25) is 0 Å². The van der Waals surface area contributed by atoms with Crippen molar-refractivity contribution in [1.82, 2.24) is 9.80 Å². The average Bonchev–Trinajstić information content (AvgIpc) is 2.18. The third kappa shape index (κ3) is 4.45. The van der Waals surface area contributed by atoms with Gasteiger partial charge >= 0.3 is 12.1 Å². The minimum absolute atomic E-state index is 0.250. The Morgan fingerprint density at radius 2 is 1.81 bits per heavy atom. The van der Waals surface area contributed by atoms with Crippen molar-refractivity contribution in [3.8, 4) is 0 Å². The number of piperazine rings is 1. The second-order valence-corrected chi connectivity index (χ2v) is 3.41. The van der Waals surface area contributed by atoms with Crippen LogP contribution in [0.25, 0.3) is 0 Å². The molecule has 1 aliphatic heterocycles. The van der Waals surface area contributed by atoms with E-state index in [9.17, 15) is 9.59 Å². The summed E-state index contributed by atoms with van der Waals surface area (Å²) in [6.07, 6.45) is -1.17. The van der Waals surface area contributed by atoms with Gasteiger partial charge in [0.1, 0.15) is 6.04 Å². The van der Waals surface area contributed by atoms with Gasteiger partial charge in [-0.3, -0.25) is 4.90 Å². The van der Waals surface area contributed by atoms with Crippen LogP contribution in [0.5, 0.6) is 0 Å². The molecule has 0 aromatic heterocycles. The molecular formula is C9H18N2O5. The molecule has 1 aliphatic rings. The summed E-state index contributed by atoms with van der Waals surface area (Å²) in [5.74, 6) is -1.09. The number of aliphatic carboxylic acids is 1. The molecule has 16 heavy (non-hydrogen) atoms. The molecule has 3 N–H and O–H groups in total. The lowest BCUT2D eigenvalue weighted by molar-refractivity contribution is -0.144. The van der Waals surface area contributed by atoms with Crippen LogP contribution in [0.2, 0.25) is 0 Å². The van der Waals surface area contributed by atoms with Gasteiger partial charge in [0.15, 0.2) is 0 Å². The minimum atomic E-state index is -1.17. The lowest BCUT2D eigenvalue weighted by Gasteiger charge is -2.35. The van der Waals surface area contributed by atoms with E-state index >= 15 is 0 Å². The molecule has 0 aliphatic carbocycles. The molecule has 0 radical (unpaired) electrons. The van der Waals surface area contributed by atoms with Crippen LogP contribution in [-0.4, -0.2) is 76.5 Å². The maximum atomic E-state index is 10.7. The first kappa shape index (κ1) is 14.7. The van der Waals surface area contributed by atoms with E-state index in [1.165, 1.54) is 0 Å². The summed E-state index contributed by atoms with van der Waals surface area (Å²) in [4.78, 5) is 24.1. The standard InChI is InChI=1S/C7H12N2O4.C2H6O/c1-8-2-3-9(7(12)13)5(4-8)6(10)11;1-2-3/h5H,2-4H2,1H3,(H,10,11)(H,12,13);3H,2H2,1H3. The SMILES string of the molecule is CCO.CN1CCN(C(=O)O)C(C(=O)O)C1. The Kier molecular flexibility index (Phi) is 6.43. The van der Waals surface area contributed by atoms with E-state index in [4.69, 9.17) is 15.3 Å². The number of carboxylic acids is 1. The van der Waals surface area contributed by atoms with Crippen molar-refractivity contribution >= 4 is 12.1 Å². The molecule has 1 rings (SSSR count). The number of nitrogens with zero attached hydrogens (tertiary/aromatic N) is 2. The fourth-order valence-corrected chi connectivity index (χ4v) is 1.36. The number of carbonyl (C=O) groups is 2. The summed E-state index contributed by atoms with van der Waals surface area (Å²) >= 11 is 0. The normalized spacial score (nSPS) is 20.9. The Bertz CT molecular complexity index is 246. The van der Waals surface area contributed by atoms with Gasteiger partial charge in [-0.2, -0.15) is 0 Å². The zero-order chi connectivity index (χ0) is 12.7. The highest BCUT2D eigenvalue weighted by molar-refractivity contribution is 5.79. The molecule has 7 heteroatoms. The molecule has 7 nitrogen and oxygen atoms in total. The van der Waals surface area contributed by atoms with Crippen molar-refractivity contribution in [1.29, 1.82) is 0 Å². The predicted molar refractivity (Wildman–Crippen MR) is 56.4 cm³/mol. The number of carboxylic acid groups (broad SMARTS) is 2. The molecule has 1 atom stereocenters. The molecule has 1 heterocycles. The van der Waals surface area contributed by atoms with Crippen molar-refractivity contribution in [2.45, 2.75) is 13.0 Å². The van der Waals surface area contributed by atoms with Crippen molar-refractivity contribution in [2.75, 3.05) is 33.3 Å². The number of aliphatic hydroxyl groups excluding tert-OH is 1. The van der Waals surface area contributed by atoms with Crippen LogP contribution in [0.3, 0.4) is 0 Å². The van der Waals surface area contributed by atoms with Gasteiger partial charge < -0.3 is 20.2 Å². The summed E-state index contributed by atoms with van der Waals surface area (Å²) in [7, 11) is 1.77. The first-order valence-corrected chi connectivity index (χ1v) is 4.95. The Balaban J connectivity index is 0.000000673. The fourth-order valence-electron chi connectivity index (χ4n) is 1.36. The third-order valence-electron chi connectivity index (χ3n) is 2.11. The zero-order valence-corrected chi connectivity index (χ0v) is 9.46. The predicted octanol–water partition coefficient (Wildman–Crippen LogP) is -0.636. The summed E-state index contributed by atoms with van der Waals surface area (Å²) in [5, 5.41) is 25.0. The molecule has 1 fully saturated rings. The van der Waals surface area contributed by atoms with Crippen LogP contribution < -0.4 is 0 Å². The quantitative estimate of drug-likeness (QED) is 0.558. The molecule has 0 aromatic carbocycles. The number of hydrogen-bond donors (Lipinski definition) is 3. The second-order valence-electron chi connectivity index (χ2n) is 3.41. The summed E-state index contributed by atoms with van der Waals surface area (Å²) in [5.41, 5.74) is 0. The highest BCUT2D eigenvalue weighted by Gasteiger charge is 2.33. The van der Waals surface area contributed by atoms with Crippen LogP contribution >= 0.6 is 0 Å². The molecular weight excluding hydrogens is 216 g/mol. The molecule has 94 valence electrons. The van der Waals surface area contributed by atoms with E-state index in [1.807, 2.05) is 0 Å². The fraction of sp³-hybridized carbons (Fsp3) is 0.778. The number of aliphatic hydroxyl groups is 1. The van der Waals surface area contributed by atoms with Crippen molar-refractivity contribution < 1.29 is 24.9 Å². The molecule has 0 aromatic rings. The van der Waals surface area contributed by atoms with Crippen molar-refractivity contribution in [3.05, 3.63) is 0 Å². The maximum Gasteiger partial charge on any atom is 0.408 e. The Morgan fingerprint density at radius 1 is 1.31 bits per heavy atom. The van der Waals surface area contributed by atoms with E-state index in [0.717, 1.165) is 4.90 Å². The summed E-state index contributed by atoms with van der Waals surface area (Å²) in [6, 6.07) is -0.934. The van der Waals surface area contributed by atoms with Crippen molar-refractivity contribution in [3.63, 3.8) is 0 Å². The average molecular weight is 234 g/mol. The van der Waals surface area contributed by atoms with E-state index in [-0.39, 0.29) is 19.7 Å². The third-order valence-corrected chi connectivity index (χ3v) is 2.11. The van der Waals surface area contributed by atoms with E-state index in [0.29, 0.717) is 6.54 Å². The van der Waals surface area contributed by atoms with Crippen LogP contribution in [0, 0.1) is 0 Å². The van der Waals surface area contributed by atoms with Gasteiger partial charge in [-0.05, 0) is 14.0 Å². The summed E-state index contributed by atoms with van der Waals surface area (Å²) < 4.78 is 0. The van der Waals surface area contributed by atoms with Crippen LogP contribution in [-0.2, 0) is 4.79 Å². The van der Waals surface area contributed by atoms with E-state index in [1.54, 1.807) is 18.9 Å². The highest BCUT2D eigenvalue weighted by Crippen LogP contribution is 2.08. The molecule has 0 saturated carbocycles. The minimum Gasteiger partial charge on any atom is -0.480 e. The van der Waals surface area contributed by atoms with Crippen LogP contribution in [0.15, 0.2) is 0 Å². The number of hydrogen-bond acceptors (Lipinski definition) is 4. The van der Waals surface area contributed by atoms with Gasteiger partial charge in [-0.1, -0.05) is 0 Å². The highest BCUT2D eigenvalue weighted by atomic mass is 16.4. The topological polar surface area (TPSA) is 101 Å². The van der Waals surface area contributed by atoms with Gasteiger partial charge in [-0.15, -0.1) is 0 Å². The van der Waals surface area contributed by atoms with Crippen molar-refractivity contribution in [2.24, 2.45) is 0 Å². The molecule has 1 amide bonds. The molecule has 0 spiro atoms. The Hall–Kier alpha value is -1.34. The first-order valence-electron chi connectivity index (χ1n) is 4.95. The maximum absolute atomic E-state index is 10.7. The van der Waals surface area contributed by atoms with Gasteiger partial charge in [0.25, 0.3) is 0 Å². The molecule has 0 bridgehead atoms. The van der Waals surface area contributed by atoms with Gasteiger partial charge in [0.05, 0.1) is 0 Å². The largest absolute Gasteiger partial charge is 0.480 e. The molecule has 1 unspecified atom stereocenters. The zero-order valence-electron chi connectivity index (χ0n) is 9.46. The Morgan fingerprint density at radius 3 is 2.19 bits per heavy atom. The summed E-state index contributed by atoms with van der Waals surface area (Å²) in [6.45, 7) is 3.01. The van der Waals surface area contributed by atoms with Gasteiger partial charge in [-0.25, -0.2) is 9.59 Å². The lowest BCUT2D eigenvalue weighted by Crippen LogP contribution is -2.56. The van der Waals surface area contributed by atoms with Crippen LogP contribution in [0.1, 0.15) is 6.92 Å². The number of amides is 1. The number of likely N-dealkylation sites (N-methyl/N-ethyl adjacent to an activating group) is 1. The van der Waals surface area contributed by atoms with Crippen LogP contribution in [0.4, 0.5) is 4.79 Å². The smallest absolute Gasteiger partial charge is 0.408 e. The molecule has 1 saturated heterocycles. The Labute approximate surface area is 93.9 Å². The monoisotopic (exact) mass is 234 g/mol. The van der Waals surface area contributed by atoms with E-state index < -0.39 is 18.1 Å². The number of rotatable bonds is 1.